The number of carbonyl (C=O) groups is 2. The Bertz CT molecular complexity index is 1540. The van der Waals surface area contributed by atoms with E-state index in [1.54, 1.807) is 33.4 Å². The topological polar surface area (TPSA) is 102 Å². The van der Waals surface area contributed by atoms with Crippen LogP contribution in [0.4, 0.5) is 0 Å². The number of hydrogen-bond donors (Lipinski definition) is 1. The average molecular weight is 585 g/mol. The molecule has 0 fully saturated rings. The van der Waals surface area contributed by atoms with Crippen LogP contribution in [0.2, 0.25) is 0 Å². The Labute approximate surface area is 249 Å². The number of hydrogen-bond acceptors (Lipinski definition) is 9. The predicted octanol–water partition coefficient (Wildman–Crippen LogP) is 5.12. The molecule has 2 aliphatic heterocycles. The third-order valence-corrected chi connectivity index (χ3v) is 7.74. The van der Waals surface area contributed by atoms with Crippen LogP contribution in [0.3, 0.4) is 0 Å². The van der Waals surface area contributed by atoms with Crippen molar-refractivity contribution in [3.63, 3.8) is 0 Å². The Morgan fingerprint density at radius 1 is 1.02 bits per heavy atom. The monoisotopic (exact) mass is 584 g/mol. The molecule has 0 aliphatic carbocycles. The van der Waals surface area contributed by atoms with E-state index in [9.17, 15) is 9.59 Å². The summed E-state index contributed by atoms with van der Waals surface area (Å²) in [5, 5.41) is 5.55. The molecule has 0 radical (unpaired) electrons. The molecule has 1 amide bonds. The van der Waals surface area contributed by atoms with Crippen molar-refractivity contribution in [2.45, 2.75) is 25.8 Å². The number of amidine groups is 1. The molecule has 42 heavy (non-hydrogen) atoms. The van der Waals surface area contributed by atoms with Crippen LogP contribution < -0.4 is 14.8 Å². The molecule has 1 atom stereocenters. The molecule has 0 spiro atoms. The van der Waals surface area contributed by atoms with Gasteiger partial charge in [0.25, 0.3) is 0 Å². The number of pyridine rings is 1. The van der Waals surface area contributed by atoms with Crippen LogP contribution >= 0.6 is 11.8 Å². The van der Waals surface area contributed by atoms with E-state index in [0.717, 1.165) is 11.3 Å². The number of nitrogens with one attached hydrogen (secondary N) is 1. The Hall–Kier alpha value is -4.57. The van der Waals surface area contributed by atoms with Crippen molar-refractivity contribution < 1.29 is 23.8 Å². The van der Waals surface area contributed by atoms with Crippen LogP contribution in [0.5, 0.6) is 11.5 Å². The molecule has 5 rings (SSSR count). The average Bonchev–Trinajstić information content (AvgIpc) is 3.42. The first-order valence-corrected chi connectivity index (χ1v) is 14.5. The van der Waals surface area contributed by atoms with E-state index in [2.05, 4.69) is 10.3 Å². The van der Waals surface area contributed by atoms with Crippen LogP contribution in [0.25, 0.3) is 5.70 Å². The van der Waals surface area contributed by atoms with Crippen molar-refractivity contribution in [1.29, 1.82) is 0 Å². The Morgan fingerprint density at radius 3 is 2.55 bits per heavy atom. The molecule has 0 bridgehead atoms. The number of rotatable bonds is 11. The maximum absolute atomic E-state index is 13.8. The summed E-state index contributed by atoms with van der Waals surface area (Å²) in [6, 6.07) is 20.0. The van der Waals surface area contributed by atoms with Gasteiger partial charge in [0.1, 0.15) is 11.5 Å². The smallest absolute Gasteiger partial charge is 0.338 e. The predicted molar refractivity (Wildman–Crippen MR) is 163 cm³/mol. The van der Waals surface area contributed by atoms with Crippen LogP contribution in [-0.4, -0.2) is 54.3 Å². The van der Waals surface area contributed by atoms with Crippen LogP contribution in [0.15, 0.2) is 94.6 Å². The molecule has 2 aromatic carbocycles. The van der Waals surface area contributed by atoms with Gasteiger partial charge in [0.05, 0.1) is 44.6 Å². The number of benzene rings is 2. The van der Waals surface area contributed by atoms with E-state index in [0.29, 0.717) is 52.2 Å². The van der Waals surface area contributed by atoms with E-state index in [4.69, 9.17) is 19.2 Å². The van der Waals surface area contributed by atoms with E-state index in [1.807, 2.05) is 71.0 Å². The SMILES string of the molecule is CCOC(=O)C1=C(c2ccccc2)N=C2SC=C(CC(=O)NCCc3ccccn3)N2[C@@H]1c1cc(OC)ccc1OC. The Kier molecular flexibility index (Phi) is 9.23. The number of fused-ring (bicyclic) bond motifs is 1. The summed E-state index contributed by atoms with van der Waals surface area (Å²) in [7, 11) is 3.17. The number of aromatic nitrogens is 1. The lowest BCUT2D eigenvalue weighted by Crippen LogP contribution is -2.38. The summed E-state index contributed by atoms with van der Waals surface area (Å²) in [5.41, 5.74) is 3.93. The molecular formula is C32H32N4O5S. The number of carbonyl (C=O) groups excluding carboxylic acids is 2. The van der Waals surface area contributed by atoms with Crippen molar-refractivity contribution in [3.8, 4) is 11.5 Å². The highest BCUT2D eigenvalue weighted by molar-refractivity contribution is 8.16. The summed E-state index contributed by atoms with van der Waals surface area (Å²) in [6.07, 6.45) is 2.45. The number of thioether (sulfide) groups is 1. The summed E-state index contributed by atoms with van der Waals surface area (Å²) in [4.78, 5) is 38.1. The second-order valence-electron chi connectivity index (χ2n) is 9.45. The zero-order valence-electron chi connectivity index (χ0n) is 23.7. The molecular weight excluding hydrogens is 552 g/mol. The van der Waals surface area contributed by atoms with Crippen molar-refractivity contribution >= 4 is 34.5 Å². The molecule has 10 heteroatoms. The van der Waals surface area contributed by atoms with Gasteiger partial charge >= 0.3 is 5.97 Å². The zero-order valence-corrected chi connectivity index (χ0v) is 24.5. The molecule has 0 unspecified atom stereocenters. The van der Waals surface area contributed by atoms with E-state index in [1.165, 1.54) is 11.8 Å². The third kappa shape index (κ3) is 6.18. The van der Waals surface area contributed by atoms with Gasteiger partial charge in [-0.3, -0.25) is 9.78 Å². The fourth-order valence-electron chi connectivity index (χ4n) is 4.94. The normalized spacial score (nSPS) is 15.9. The summed E-state index contributed by atoms with van der Waals surface area (Å²) >= 11 is 1.41. The quantitative estimate of drug-likeness (QED) is 0.310. The van der Waals surface area contributed by atoms with E-state index < -0.39 is 12.0 Å². The van der Waals surface area contributed by atoms with Crippen LogP contribution in [0.1, 0.15) is 36.2 Å². The Morgan fingerprint density at radius 2 is 1.83 bits per heavy atom. The summed E-state index contributed by atoms with van der Waals surface area (Å²) in [5.74, 6) is 0.521. The molecule has 0 saturated heterocycles. The van der Waals surface area contributed by atoms with Gasteiger partial charge in [-0.1, -0.05) is 48.2 Å². The molecule has 1 N–H and O–H groups in total. The lowest BCUT2D eigenvalue weighted by Gasteiger charge is -2.37. The van der Waals surface area contributed by atoms with Crippen LogP contribution in [-0.2, 0) is 20.7 Å². The van der Waals surface area contributed by atoms with Crippen molar-refractivity contribution in [2.75, 3.05) is 27.4 Å². The maximum atomic E-state index is 13.8. The van der Waals surface area contributed by atoms with Crippen molar-refractivity contribution in [2.24, 2.45) is 4.99 Å². The van der Waals surface area contributed by atoms with Gasteiger partial charge in [-0.15, -0.1) is 0 Å². The molecule has 3 aromatic rings. The minimum atomic E-state index is -0.695. The van der Waals surface area contributed by atoms with E-state index in [-0.39, 0.29) is 18.9 Å². The van der Waals surface area contributed by atoms with Gasteiger partial charge in [-0.05, 0) is 42.7 Å². The molecule has 1 aromatic heterocycles. The second-order valence-corrected chi connectivity index (χ2v) is 10.3. The first-order valence-electron chi connectivity index (χ1n) is 13.6. The Balaban J connectivity index is 1.54. The van der Waals surface area contributed by atoms with Crippen molar-refractivity contribution in [3.05, 3.63) is 106 Å². The number of aliphatic imine (C=N–C) groups is 1. The van der Waals surface area contributed by atoms with Gasteiger partial charge in [-0.25, -0.2) is 9.79 Å². The second kappa shape index (κ2) is 13.4. The lowest BCUT2D eigenvalue weighted by atomic mass is 9.90. The maximum Gasteiger partial charge on any atom is 0.338 e. The summed E-state index contributed by atoms with van der Waals surface area (Å²) < 4.78 is 16.9. The minimum absolute atomic E-state index is 0.0911. The standard InChI is InChI=1S/C32H32N4O5S/c1-4-41-31(38)28-29(21-10-6-5-7-11-21)35-32-36(30(28)25-19-24(39-2)13-14-26(25)40-3)23(20-42-32)18-27(37)34-17-15-22-12-8-9-16-33-22/h5-14,16,19-20,30H,4,15,17-18H2,1-3H3,(H,34,37)/t30-/m1/s1. The number of amides is 1. The molecule has 2 aliphatic rings. The number of esters is 1. The lowest BCUT2D eigenvalue weighted by molar-refractivity contribution is -0.139. The van der Waals surface area contributed by atoms with Gasteiger partial charge in [0.2, 0.25) is 5.91 Å². The molecule has 9 nitrogen and oxygen atoms in total. The third-order valence-electron chi connectivity index (χ3n) is 6.86. The fourth-order valence-corrected chi connectivity index (χ4v) is 5.86. The molecule has 0 saturated carbocycles. The van der Waals surface area contributed by atoms with Crippen molar-refractivity contribution in [1.82, 2.24) is 15.2 Å². The van der Waals surface area contributed by atoms with Gasteiger partial charge in [0.15, 0.2) is 5.17 Å². The number of nitrogens with zero attached hydrogens (tertiary/aromatic N) is 3. The van der Waals surface area contributed by atoms with Gasteiger partial charge in [0, 0.05) is 41.7 Å². The number of methoxy groups -OCH3 is 2. The van der Waals surface area contributed by atoms with Crippen LogP contribution in [0, 0.1) is 0 Å². The number of ether oxygens (including phenoxy) is 3. The highest BCUT2D eigenvalue weighted by atomic mass is 32.2. The van der Waals surface area contributed by atoms with E-state index >= 15 is 0 Å². The first-order chi connectivity index (χ1) is 20.5. The first kappa shape index (κ1) is 28.9. The highest BCUT2D eigenvalue weighted by Gasteiger charge is 2.43. The molecule has 216 valence electrons. The highest BCUT2D eigenvalue weighted by Crippen LogP contribution is 2.49. The van der Waals surface area contributed by atoms with Gasteiger partial charge in [-0.2, -0.15) is 0 Å². The fraction of sp³-hybridized carbons (Fsp3) is 0.250. The zero-order chi connectivity index (χ0) is 29.5. The largest absolute Gasteiger partial charge is 0.497 e. The molecule has 3 heterocycles. The minimum Gasteiger partial charge on any atom is -0.497 e. The summed E-state index contributed by atoms with van der Waals surface area (Å²) in [6.45, 7) is 2.42. The van der Waals surface area contributed by atoms with Gasteiger partial charge < -0.3 is 24.4 Å².